The van der Waals surface area contributed by atoms with E-state index in [1.807, 2.05) is 25.1 Å². The van der Waals surface area contributed by atoms with E-state index >= 15 is 0 Å². The Hall–Kier alpha value is -1.55. The average Bonchev–Trinajstić information content (AvgIpc) is 2.39. The van der Waals surface area contributed by atoms with Gasteiger partial charge in [0.15, 0.2) is 0 Å². The van der Waals surface area contributed by atoms with E-state index in [2.05, 4.69) is 16.7 Å². The maximum Gasteiger partial charge on any atom is 0.315 e. The van der Waals surface area contributed by atoms with Crippen LogP contribution < -0.4 is 10.6 Å². The van der Waals surface area contributed by atoms with Crippen LogP contribution >= 0.6 is 0 Å². The van der Waals surface area contributed by atoms with Gasteiger partial charge in [0.1, 0.15) is 0 Å². The molecule has 1 aliphatic carbocycles. The Bertz CT molecular complexity index is 426. The molecule has 1 fully saturated rings. The van der Waals surface area contributed by atoms with Crippen molar-refractivity contribution in [1.29, 1.82) is 0 Å². The maximum absolute atomic E-state index is 11.8. The van der Waals surface area contributed by atoms with Gasteiger partial charge in [0.05, 0.1) is 6.10 Å². The van der Waals surface area contributed by atoms with Gasteiger partial charge >= 0.3 is 6.03 Å². The minimum atomic E-state index is -0.187. The quantitative estimate of drug-likeness (QED) is 0.781. The molecule has 0 aromatic heterocycles. The third kappa shape index (κ3) is 4.56. The summed E-state index contributed by atoms with van der Waals surface area (Å²) in [5.74, 6) is 0. The summed E-state index contributed by atoms with van der Waals surface area (Å²) in [4.78, 5) is 11.8. The zero-order valence-electron chi connectivity index (χ0n) is 11.4. The molecule has 1 aromatic carbocycles. The Morgan fingerprint density at radius 2 is 2.05 bits per heavy atom. The monoisotopic (exact) mass is 262 g/mol. The highest BCUT2D eigenvalue weighted by molar-refractivity contribution is 5.74. The number of urea groups is 1. The largest absolute Gasteiger partial charge is 0.393 e. The summed E-state index contributed by atoms with van der Waals surface area (Å²) >= 11 is 0. The van der Waals surface area contributed by atoms with Gasteiger partial charge in [-0.1, -0.05) is 29.8 Å². The lowest BCUT2D eigenvalue weighted by molar-refractivity contribution is 0.117. The summed E-state index contributed by atoms with van der Waals surface area (Å²) in [6.07, 6.45) is 3.09. The highest BCUT2D eigenvalue weighted by atomic mass is 16.3. The number of aliphatic hydroxyl groups excluding tert-OH is 1. The van der Waals surface area contributed by atoms with Crippen LogP contribution in [-0.4, -0.2) is 23.3 Å². The molecule has 0 radical (unpaired) electrons. The Balaban J connectivity index is 1.73. The molecule has 104 valence electrons. The van der Waals surface area contributed by atoms with Crippen LogP contribution in [0.4, 0.5) is 4.79 Å². The second-order valence-electron chi connectivity index (χ2n) is 5.32. The fourth-order valence-corrected chi connectivity index (χ4v) is 2.46. The van der Waals surface area contributed by atoms with E-state index in [9.17, 15) is 9.90 Å². The molecular weight excluding hydrogens is 240 g/mol. The predicted molar refractivity (Wildman–Crippen MR) is 74.8 cm³/mol. The molecule has 0 spiro atoms. The molecule has 1 aliphatic rings. The number of carbonyl (C=O) groups excluding carboxylic acids is 1. The first-order valence-corrected chi connectivity index (χ1v) is 6.91. The number of hydrogen-bond donors (Lipinski definition) is 3. The highest BCUT2D eigenvalue weighted by Gasteiger charge is 2.20. The Morgan fingerprint density at radius 1 is 1.32 bits per heavy atom. The molecule has 2 rings (SSSR count). The predicted octanol–water partition coefficient (Wildman–Crippen LogP) is 2.10. The molecule has 1 aromatic rings. The Labute approximate surface area is 114 Å². The Kier molecular flexibility index (Phi) is 4.80. The molecule has 0 heterocycles. The SMILES string of the molecule is Cc1cccc(CNC(=O)NC2CCC(O)CC2)c1. The van der Waals surface area contributed by atoms with Crippen molar-refractivity contribution >= 4 is 6.03 Å². The molecule has 0 aliphatic heterocycles. The maximum atomic E-state index is 11.8. The van der Waals surface area contributed by atoms with Crippen molar-refractivity contribution < 1.29 is 9.90 Å². The number of aryl methyl sites for hydroxylation is 1. The molecule has 0 unspecified atom stereocenters. The summed E-state index contributed by atoms with van der Waals surface area (Å²) < 4.78 is 0. The molecular formula is C15H22N2O2. The topological polar surface area (TPSA) is 61.4 Å². The first-order chi connectivity index (χ1) is 9.13. The van der Waals surface area contributed by atoms with Crippen LogP contribution in [0, 0.1) is 6.92 Å². The summed E-state index contributed by atoms with van der Waals surface area (Å²) in [7, 11) is 0. The third-order valence-electron chi connectivity index (χ3n) is 3.57. The van der Waals surface area contributed by atoms with Gasteiger partial charge in [-0.25, -0.2) is 4.79 Å². The van der Waals surface area contributed by atoms with Gasteiger partial charge in [0.25, 0.3) is 0 Å². The molecule has 4 heteroatoms. The van der Waals surface area contributed by atoms with E-state index in [1.165, 1.54) is 5.56 Å². The smallest absolute Gasteiger partial charge is 0.315 e. The van der Waals surface area contributed by atoms with Crippen LogP contribution in [0.15, 0.2) is 24.3 Å². The van der Waals surface area contributed by atoms with Crippen LogP contribution in [-0.2, 0) is 6.54 Å². The summed E-state index contributed by atoms with van der Waals surface area (Å²) in [6, 6.07) is 8.18. The normalized spacial score (nSPS) is 22.8. The minimum absolute atomic E-state index is 0.122. The summed E-state index contributed by atoms with van der Waals surface area (Å²) in [6.45, 7) is 2.58. The van der Waals surface area contributed by atoms with E-state index < -0.39 is 0 Å². The van der Waals surface area contributed by atoms with E-state index in [4.69, 9.17) is 0 Å². The van der Waals surface area contributed by atoms with Crippen molar-refractivity contribution in [3.63, 3.8) is 0 Å². The number of aliphatic hydroxyl groups is 1. The van der Waals surface area contributed by atoms with E-state index in [-0.39, 0.29) is 18.2 Å². The van der Waals surface area contributed by atoms with Crippen molar-refractivity contribution in [3.8, 4) is 0 Å². The molecule has 2 amide bonds. The van der Waals surface area contributed by atoms with Gasteiger partial charge in [0.2, 0.25) is 0 Å². The first-order valence-electron chi connectivity index (χ1n) is 6.91. The zero-order chi connectivity index (χ0) is 13.7. The number of benzene rings is 1. The van der Waals surface area contributed by atoms with Gasteiger partial charge in [0, 0.05) is 12.6 Å². The average molecular weight is 262 g/mol. The van der Waals surface area contributed by atoms with Gasteiger partial charge in [-0.2, -0.15) is 0 Å². The van der Waals surface area contributed by atoms with Crippen LogP contribution in [0.5, 0.6) is 0 Å². The summed E-state index contributed by atoms with van der Waals surface area (Å²) in [5, 5.41) is 15.2. The first kappa shape index (κ1) is 13.9. The lowest BCUT2D eigenvalue weighted by Gasteiger charge is -2.26. The second-order valence-corrected chi connectivity index (χ2v) is 5.32. The fraction of sp³-hybridized carbons (Fsp3) is 0.533. The lowest BCUT2D eigenvalue weighted by Crippen LogP contribution is -2.43. The van der Waals surface area contributed by atoms with Crippen LogP contribution in [0.2, 0.25) is 0 Å². The van der Waals surface area contributed by atoms with Crippen LogP contribution in [0.25, 0.3) is 0 Å². The van der Waals surface area contributed by atoms with Gasteiger partial charge < -0.3 is 15.7 Å². The van der Waals surface area contributed by atoms with Gasteiger partial charge in [-0.3, -0.25) is 0 Å². The minimum Gasteiger partial charge on any atom is -0.393 e. The molecule has 19 heavy (non-hydrogen) atoms. The van der Waals surface area contributed by atoms with Crippen molar-refractivity contribution in [2.75, 3.05) is 0 Å². The number of carbonyl (C=O) groups is 1. The van der Waals surface area contributed by atoms with Gasteiger partial charge in [-0.05, 0) is 38.2 Å². The standard InChI is InChI=1S/C15H22N2O2/c1-11-3-2-4-12(9-11)10-16-15(19)17-13-5-7-14(18)8-6-13/h2-4,9,13-14,18H,5-8,10H2,1H3,(H2,16,17,19). The molecule has 0 saturated heterocycles. The fourth-order valence-electron chi connectivity index (χ4n) is 2.46. The van der Waals surface area contributed by atoms with Crippen molar-refractivity contribution in [2.24, 2.45) is 0 Å². The van der Waals surface area contributed by atoms with Crippen LogP contribution in [0.3, 0.4) is 0 Å². The van der Waals surface area contributed by atoms with Crippen LogP contribution in [0.1, 0.15) is 36.8 Å². The number of rotatable bonds is 3. The van der Waals surface area contributed by atoms with Gasteiger partial charge in [-0.15, -0.1) is 0 Å². The second kappa shape index (κ2) is 6.57. The lowest BCUT2D eigenvalue weighted by atomic mass is 9.93. The molecule has 0 atom stereocenters. The zero-order valence-corrected chi connectivity index (χ0v) is 11.4. The molecule has 1 saturated carbocycles. The van der Waals surface area contributed by atoms with E-state index in [1.54, 1.807) is 0 Å². The molecule has 4 nitrogen and oxygen atoms in total. The Morgan fingerprint density at radius 3 is 2.74 bits per heavy atom. The number of nitrogens with one attached hydrogen (secondary N) is 2. The van der Waals surface area contributed by atoms with Crippen molar-refractivity contribution in [3.05, 3.63) is 35.4 Å². The third-order valence-corrected chi connectivity index (χ3v) is 3.57. The molecule has 0 bridgehead atoms. The highest BCUT2D eigenvalue weighted by Crippen LogP contribution is 2.18. The van der Waals surface area contributed by atoms with E-state index in [0.29, 0.717) is 6.54 Å². The molecule has 3 N–H and O–H groups in total. The van der Waals surface area contributed by atoms with Crippen molar-refractivity contribution in [1.82, 2.24) is 10.6 Å². The van der Waals surface area contributed by atoms with E-state index in [0.717, 1.165) is 31.2 Å². The number of amides is 2. The van der Waals surface area contributed by atoms with Crippen molar-refractivity contribution in [2.45, 2.75) is 51.3 Å². The summed E-state index contributed by atoms with van der Waals surface area (Å²) in [5.41, 5.74) is 2.30. The number of hydrogen-bond acceptors (Lipinski definition) is 2.